The Labute approximate surface area is 239 Å². The normalized spacial score (nSPS) is 24.0. The van der Waals surface area contributed by atoms with Gasteiger partial charge in [0.05, 0.1) is 0 Å². The summed E-state index contributed by atoms with van der Waals surface area (Å²) in [4.78, 5) is 24.4. The first kappa shape index (κ1) is 32.2. The number of aliphatic hydroxyl groups excluding tert-OH is 2. The molecule has 2 aromatic heterocycles. The van der Waals surface area contributed by atoms with E-state index in [4.69, 9.17) is 28.6 Å². The molecule has 1 fully saturated rings. The molecule has 21 heteroatoms. The molecule has 7 atom stereocenters. The number of hydrogen-bond acceptors (Lipinski definition) is 15. The van der Waals surface area contributed by atoms with Crippen molar-refractivity contribution in [2.45, 2.75) is 44.1 Å². The monoisotopic (exact) mass is 646 g/mol. The summed E-state index contributed by atoms with van der Waals surface area (Å²) in [6.45, 7) is 0.480. The van der Waals surface area contributed by atoms with Crippen molar-refractivity contribution >= 4 is 46.7 Å². The number of benzene rings is 1. The Morgan fingerprint density at radius 2 is 1.98 bits per heavy atom. The molecule has 0 radical (unpaired) electrons. The van der Waals surface area contributed by atoms with Gasteiger partial charge >= 0.3 is 217 Å². The van der Waals surface area contributed by atoms with E-state index in [0.717, 1.165) is 7.11 Å². The van der Waals surface area contributed by atoms with Gasteiger partial charge in [-0.15, -0.1) is 0 Å². The number of phosphoric acid groups is 1. The summed E-state index contributed by atoms with van der Waals surface area (Å²) in [5, 5.41) is 23.4. The molecule has 1 aliphatic rings. The first-order valence-electron chi connectivity index (χ1n) is 12.1. The third-order valence-electron chi connectivity index (χ3n) is 5.92. The Morgan fingerprint density at radius 1 is 1.24 bits per heavy atom. The number of hydrogen-bond donors (Lipinski definition) is 4. The van der Waals surface area contributed by atoms with Gasteiger partial charge < -0.3 is 5.73 Å². The number of nitrogen functional groups attached to an aromatic ring is 1. The summed E-state index contributed by atoms with van der Waals surface area (Å²) in [6.07, 6.45) is -3.13. The molecule has 1 aromatic carbocycles. The van der Waals surface area contributed by atoms with Gasteiger partial charge in [-0.1, -0.05) is 0 Å². The molecule has 0 aliphatic carbocycles. The molecular formula is C21H27N7O11P3+. The second kappa shape index (κ2) is 13.7. The molecule has 0 bridgehead atoms. The van der Waals surface area contributed by atoms with E-state index in [1.165, 1.54) is 24.1 Å². The fourth-order valence-electron chi connectivity index (χ4n) is 3.83. The minimum absolute atomic E-state index is 0.0841. The molecule has 42 heavy (non-hydrogen) atoms. The average Bonchev–Trinajstić information content (AvgIpc) is 3.52. The van der Waals surface area contributed by atoms with Gasteiger partial charge in [0.1, 0.15) is 6.33 Å². The van der Waals surface area contributed by atoms with Crippen LogP contribution in [0.3, 0.4) is 0 Å². The Bertz CT molecular complexity index is 1560. The predicted octanol–water partition coefficient (Wildman–Crippen LogP) is 2.12. The molecule has 5 N–H and O–H groups in total. The van der Waals surface area contributed by atoms with E-state index in [-0.39, 0.29) is 23.6 Å². The number of ether oxygens (including phenoxy) is 2. The van der Waals surface area contributed by atoms with Crippen LogP contribution in [0.1, 0.15) is 18.7 Å². The van der Waals surface area contributed by atoms with Gasteiger partial charge in [-0.05, 0) is 0 Å². The molecule has 1 aliphatic heterocycles. The van der Waals surface area contributed by atoms with Crippen LogP contribution >= 0.6 is 23.7 Å². The summed E-state index contributed by atoms with van der Waals surface area (Å²) in [5.74, 6) is -0.778. The molecule has 0 spiro atoms. The predicted molar refractivity (Wildman–Crippen MR) is 144 cm³/mol. The number of carbonyl (C=O) groups is 1. The molecule has 18 nitrogen and oxygen atoms in total. The van der Waals surface area contributed by atoms with Gasteiger partial charge in [0, 0.05) is 0 Å². The SMILES string of the molecule is COP(=O)(OC[C@H]1O[C@@H](n2cnc3c(N)ncnc32)[C@@H](O)C1O)OP(=O)(N=[P+]=O)N[C@@H](C)C(=O)OCc1ccccc1. The van der Waals surface area contributed by atoms with Crippen LogP contribution in [0.4, 0.5) is 5.82 Å². The van der Waals surface area contributed by atoms with E-state index < -0.39 is 66.9 Å². The second-order valence-electron chi connectivity index (χ2n) is 8.77. The summed E-state index contributed by atoms with van der Waals surface area (Å²) < 4.78 is 68.1. The quantitative estimate of drug-likeness (QED) is 0.153. The zero-order chi connectivity index (χ0) is 30.5. The molecule has 0 amide bonds. The van der Waals surface area contributed by atoms with Gasteiger partial charge in [-0.25, -0.2) is 4.98 Å². The average molecular weight is 646 g/mol. The molecule has 0 saturated carbocycles. The zero-order valence-electron chi connectivity index (χ0n) is 22.1. The van der Waals surface area contributed by atoms with Crippen molar-refractivity contribution in [3.63, 3.8) is 0 Å². The molecule has 3 heterocycles. The third-order valence-corrected chi connectivity index (χ3v) is 10.5. The number of nitrogens with zero attached hydrogens (tertiary/aromatic N) is 5. The van der Waals surface area contributed by atoms with Crippen LogP contribution in [0.2, 0.25) is 0 Å². The second-order valence-corrected chi connectivity index (χ2v) is 13.1. The number of nitrogens with two attached hydrogens (primary N) is 1. The number of phosphoric ester groups is 1. The summed E-state index contributed by atoms with van der Waals surface area (Å²) >= 11 is 0. The van der Waals surface area contributed by atoms with Crippen LogP contribution in [0, 0.1) is 0 Å². The van der Waals surface area contributed by atoms with Crippen molar-refractivity contribution in [1.29, 1.82) is 0 Å². The molecule has 4 rings (SSSR count). The van der Waals surface area contributed by atoms with Gasteiger partial charge in [0.2, 0.25) is 0 Å². The number of rotatable bonds is 13. The number of fused-ring (bicyclic) bond motifs is 1. The maximum atomic E-state index is 13.2. The number of anilines is 1. The Morgan fingerprint density at radius 3 is 2.67 bits per heavy atom. The Kier molecular flexibility index (Phi) is 10.5. The summed E-state index contributed by atoms with van der Waals surface area (Å²) in [7, 11) is -9.58. The number of nitrogens with one attached hydrogen (secondary N) is 1. The first-order valence-corrected chi connectivity index (χ1v) is 15.9. The van der Waals surface area contributed by atoms with Crippen LogP contribution in [-0.4, -0.2) is 73.8 Å². The fraction of sp³-hybridized carbons (Fsp3) is 0.429. The molecule has 226 valence electrons. The Hall–Kier alpha value is -2.75. The van der Waals surface area contributed by atoms with Gasteiger partial charge in [0.25, 0.3) is 0 Å². The van der Waals surface area contributed by atoms with E-state index in [1.807, 2.05) is 0 Å². The van der Waals surface area contributed by atoms with E-state index in [9.17, 15) is 28.7 Å². The third kappa shape index (κ3) is 7.41. The number of imidazole rings is 1. The molecule has 1 saturated heterocycles. The molecular weight excluding hydrogens is 619 g/mol. The van der Waals surface area contributed by atoms with Crippen molar-refractivity contribution in [2.75, 3.05) is 19.5 Å². The number of aromatic nitrogens is 4. The minimum atomic E-state index is -4.77. The van der Waals surface area contributed by atoms with Crippen molar-refractivity contribution < 1.29 is 51.5 Å². The Balaban J connectivity index is 1.40. The van der Waals surface area contributed by atoms with E-state index in [1.54, 1.807) is 30.3 Å². The number of carbonyl (C=O) groups excluding carboxylic acids is 1. The van der Waals surface area contributed by atoms with Crippen molar-refractivity contribution in [1.82, 2.24) is 24.6 Å². The van der Waals surface area contributed by atoms with E-state index in [0.29, 0.717) is 5.56 Å². The zero-order valence-corrected chi connectivity index (χ0v) is 24.7. The van der Waals surface area contributed by atoms with Crippen LogP contribution in [0.15, 0.2) is 47.5 Å². The van der Waals surface area contributed by atoms with Crippen molar-refractivity contribution in [3.8, 4) is 0 Å². The summed E-state index contributed by atoms with van der Waals surface area (Å²) in [5.41, 5.74) is 6.93. The first-order chi connectivity index (χ1) is 20.0. The fourth-order valence-corrected chi connectivity index (χ4v) is 7.60. The number of esters is 1. The molecule has 3 aromatic rings. The van der Waals surface area contributed by atoms with Crippen LogP contribution in [0.25, 0.3) is 11.2 Å². The van der Waals surface area contributed by atoms with Crippen molar-refractivity contribution in [3.05, 3.63) is 48.5 Å². The van der Waals surface area contributed by atoms with E-state index >= 15 is 0 Å². The van der Waals surface area contributed by atoms with Gasteiger partial charge in [-0.2, -0.15) is 0 Å². The van der Waals surface area contributed by atoms with Crippen LogP contribution < -0.4 is 10.8 Å². The van der Waals surface area contributed by atoms with Crippen LogP contribution in [-0.2, 0) is 47.9 Å². The van der Waals surface area contributed by atoms with Crippen molar-refractivity contribution in [2.24, 2.45) is 4.52 Å². The topological polar surface area (TPSA) is 249 Å². The maximum absolute atomic E-state index is 13.2. The van der Waals surface area contributed by atoms with E-state index in [2.05, 4.69) is 24.6 Å². The number of aliphatic hydroxyl groups is 2. The van der Waals surface area contributed by atoms with Crippen LogP contribution in [0.5, 0.6) is 0 Å². The summed E-state index contributed by atoms with van der Waals surface area (Å²) in [6, 6.07) is 7.42. The standard InChI is InChI=1S/C21H27N7O11P3/c1-12(21(31)36-8-13-6-4-3-5-7-13)26-41(33,27-40-32)39-42(34,35-2)37-9-14-16(29)17(30)20(38-14)28-11-25-15-18(22)23-10-24-19(15)28/h3-7,10-12,14,16-17,20,29-30H,8-9H2,1-2H3,(H,26,33)(H2,22,23,24)/q+1/t12-,14+,16?,17-,20+,41?,42?/m0/s1. The van der Waals surface area contributed by atoms with Gasteiger partial charge in [-0.3, -0.25) is 0 Å². The van der Waals surface area contributed by atoms with Gasteiger partial charge in [0.15, 0.2) is 5.82 Å². The molecule has 3 unspecified atom stereocenters.